The lowest BCUT2D eigenvalue weighted by Gasteiger charge is -2.18. The van der Waals surface area contributed by atoms with Crippen molar-refractivity contribution < 1.29 is 29.3 Å². The second kappa shape index (κ2) is 7.51. The molecule has 1 rings (SSSR count). The van der Waals surface area contributed by atoms with Crippen molar-refractivity contribution >= 4 is 17.8 Å². The lowest BCUT2D eigenvalue weighted by molar-refractivity contribution is -0.143. The number of ether oxygens (including phenoxy) is 2. The molecule has 1 atom stereocenters. The topological polar surface area (TPSA) is 105 Å². The standard InChI is InChI=1S/C14H23NO6/c1-14(2,3)21-13(19)15-10(11(16)12(17)18)8-20-7-6-9-4-5-9/h9,11,16H,4-8H2,1-3H3,(H,17,18). The maximum Gasteiger partial charge on any atom is 0.434 e. The van der Waals surface area contributed by atoms with Crippen LogP contribution in [0.25, 0.3) is 0 Å². The molecule has 7 heteroatoms. The summed E-state index contributed by atoms with van der Waals surface area (Å²) < 4.78 is 10.3. The number of aliphatic imine (C=N–C) groups is 1. The summed E-state index contributed by atoms with van der Waals surface area (Å²) in [6, 6.07) is 0. The van der Waals surface area contributed by atoms with Gasteiger partial charge >= 0.3 is 12.1 Å². The summed E-state index contributed by atoms with van der Waals surface area (Å²) >= 11 is 0. The van der Waals surface area contributed by atoms with Crippen molar-refractivity contribution in [2.75, 3.05) is 13.2 Å². The Kier molecular flexibility index (Phi) is 6.29. The zero-order valence-corrected chi connectivity index (χ0v) is 12.7. The van der Waals surface area contributed by atoms with Crippen molar-refractivity contribution in [2.24, 2.45) is 10.9 Å². The minimum absolute atomic E-state index is 0.209. The van der Waals surface area contributed by atoms with Crippen LogP contribution in [0.2, 0.25) is 0 Å². The summed E-state index contributed by atoms with van der Waals surface area (Å²) in [5.74, 6) is -0.802. The first-order chi connectivity index (χ1) is 9.69. The number of carboxylic acid groups (broad SMARTS) is 1. The van der Waals surface area contributed by atoms with Crippen molar-refractivity contribution in [3.05, 3.63) is 0 Å². The van der Waals surface area contributed by atoms with Crippen molar-refractivity contribution in [1.29, 1.82) is 0 Å². The number of rotatable bonds is 7. The van der Waals surface area contributed by atoms with Crippen molar-refractivity contribution in [3.63, 3.8) is 0 Å². The van der Waals surface area contributed by atoms with E-state index in [4.69, 9.17) is 14.6 Å². The molecule has 1 amide bonds. The number of amides is 1. The van der Waals surface area contributed by atoms with Gasteiger partial charge in [0.2, 0.25) is 0 Å². The molecule has 0 heterocycles. The Labute approximate surface area is 124 Å². The third-order valence-corrected chi connectivity index (χ3v) is 2.80. The van der Waals surface area contributed by atoms with E-state index in [2.05, 4.69) is 4.99 Å². The predicted octanol–water partition coefficient (Wildman–Crippen LogP) is 1.62. The average molecular weight is 301 g/mol. The van der Waals surface area contributed by atoms with Crippen molar-refractivity contribution in [2.45, 2.75) is 51.7 Å². The second-order valence-electron chi connectivity index (χ2n) is 6.11. The highest BCUT2D eigenvalue weighted by molar-refractivity contribution is 6.08. The van der Waals surface area contributed by atoms with Crippen LogP contribution in [0.5, 0.6) is 0 Å². The number of carbonyl (C=O) groups excluding carboxylic acids is 1. The highest BCUT2D eigenvalue weighted by Gasteiger charge is 2.25. The van der Waals surface area contributed by atoms with Crippen LogP contribution in [0.3, 0.4) is 0 Å². The lowest BCUT2D eigenvalue weighted by Crippen LogP contribution is -2.34. The van der Waals surface area contributed by atoms with Gasteiger partial charge in [-0.15, -0.1) is 0 Å². The maximum absolute atomic E-state index is 11.6. The molecule has 0 aromatic rings. The molecule has 0 bridgehead atoms. The van der Waals surface area contributed by atoms with Gasteiger partial charge in [-0.25, -0.2) is 9.59 Å². The Balaban J connectivity index is 2.56. The number of carbonyl (C=O) groups is 2. The molecule has 0 radical (unpaired) electrons. The number of hydrogen-bond acceptors (Lipinski definition) is 5. The zero-order chi connectivity index (χ0) is 16.0. The van der Waals surface area contributed by atoms with Gasteiger partial charge in [-0.3, -0.25) is 0 Å². The smallest absolute Gasteiger partial charge is 0.434 e. The van der Waals surface area contributed by atoms with E-state index in [1.165, 1.54) is 12.8 Å². The number of carboxylic acids is 1. The summed E-state index contributed by atoms with van der Waals surface area (Å²) in [6.07, 6.45) is 0.463. The van der Waals surface area contributed by atoms with E-state index < -0.39 is 23.8 Å². The molecule has 21 heavy (non-hydrogen) atoms. The molecule has 0 spiro atoms. The molecular formula is C14H23NO6. The van der Waals surface area contributed by atoms with Gasteiger partial charge in [-0.05, 0) is 33.1 Å². The number of nitrogens with zero attached hydrogens (tertiary/aromatic N) is 1. The average Bonchev–Trinajstić information content (AvgIpc) is 3.13. The number of aliphatic hydroxyl groups is 1. The summed E-state index contributed by atoms with van der Waals surface area (Å²) in [6.45, 7) is 5.24. The maximum atomic E-state index is 11.6. The van der Waals surface area contributed by atoms with Gasteiger partial charge in [0, 0.05) is 6.61 Å². The largest absolute Gasteiger partial charge is 0.479 e. The molecule has 0 saturated heterocycles. The Morgan fingerprint density at radius 2 is 1.95 bits per heavy atom. The Hall–Kier alpha value is -1.47. The summed E-state index contributed by atoms with van der Waals surface area (Å²) in [4.78, 5) is 25.9. The first-order valence-corrected chi connectivity index (χ1v) is 6.98. The number of hydrogen-bond donors (Lipinski definition) is 2. The van der Waals surface area contributed by atoms with Crippen LogP contribution in [-0.2, 0) is 14.3 Å². The third-order valence-electron chi connectivity index (χ3n) is 2.80. The Morgan fingerprint density at radius 1 is 1.33 bits per heavy atom. The summed E-state index contributed by atoms with van der Waals surface area (Å²) in [7, 11) is 0. The number of aliphatic carboxylic acids is 1. The highest BCUT2D eigenvalue weighted by Crippen LogP contribution is 2.32. The molecule has 1 aliphatic carbocycles. The molecule has 120 valence electrons. The lowest BCUT2D eigenvalue weighted by atomic mass is 10.2. The Morgan fingerprint density at radius 3 is 2.43 bits per heavy atom. The minimum Gasteiger partial charge on any atom is -0.479 e. The molecular weight excluding hydrogens is 278 g/mol. The van der Waals surface area contributed by atoms with E-state index in [9.17, 15) is 14.7 Å². The SMILES string of the molecule is CC(C)(C)OC(=O)N=C(COCCC1CC1)C(O)C(=O)O. The molecule has 1 fully saturated rings. The molecule has 1 saturated carbocycles. The van der Waals surface area contributed by atoms with Crippen molar-refractivity contribution in [3.8, 4) is 0 Å². The normalized spacial score (nSPS) is 17.4. The predicted molar refractivity (Wildman–Crippen MR) is 75.5 cm³/mol. The fraction of sp³-hybridized carbons (Fsp3) is 0.786. The van der Waals surface area contributed by atoms with Crippen LogP contribution in [0, 0.1) is 5.92 Å². The van der Waals surface area contributed by atoms with E-state index in [0.717, 1.165) is 6.42 Å². The van der Waals surface area contributed by atoms with Gasteiger partial charge in [0.15, 0.2) is 6.10 Å². The van der Waals surface area contributed by atoms with E-state index in [1.807, 2.05) is 0 Å². The van der Waals surface area contributed by atoms with Gasteiger partial charge in [-0.1, -0.05) is 12.8 Å². The fourth-order valence-corrected chi connectivity index (χ4v) is 1.55. The van der Waals surface area contributed by atoms with Gasteiger partial charge in [0.1, 0.15) is 5.60 Å². The highest BCUT2D eigenvalue weighted by atomic mass is 16.6. The van der Waals surface area contributed by atoms with E-state index in [1.54, 1.807) is 20.8 Å². The van der Waals surface area contributed by atoms with Gasteiger partial charge in [0.05, 0.1) is 12.3 Å². The quantitative estimate of drug-likeness (QED) is 0.547. The molecule has 2 N–H and O–H groups in total. The van der Waals surface area contributed by atoms with Gasteiger partial charge in [0.25, 0.3) is 0 Å². The summed E-state index contributed by atoms with van der Waals surface area (Å²) in [5, 5.41) is 18.4. The molecule has 0 aliphatic heterocycles. The van der Waals surface area contributed by atoms with E-state index in [0.29, 0.717) is 12.5 Å². The minimum atomic E-state index is -1.88. The molecule has 7 nitrogen and oxygen atoms in total. The van der Waals surface area contributed by atoms with E-state index in [-0.39, 0.29) is 12.3 Å². The monoisotopic (exact) mass is 301 g/mol. The van der Waals surface area contributed by atoms with Crippen molar-refractivity contribution in [1.82, 2.24) is 0 Å². The van der Waals surface area contributed by atoms with Gasteiger partial charge < -0.3 is 19.7 Å². The first kappa shape index (κ1) is 17.6. The van der Waals surface area contributed by atoms with Crippen LogP contribution in [-0.4, -0.2) is 52.9 Å². The first-order valence-electron chi connectivity index (χ1n) is 6.98. The molecule has 1 aliphatic rings. The van der Waals surface area contributed by atoms with Crippen LogP contribution in [0.15, 0.2) is 4.99 Å². The fourth-order valence-electron chi connectivity index (χ4n) is 1.55. The third kappa shape index (κ3) is 7.77. The van der Waals surface area contributed by atoms with Gasteiger partial charge in [-0.2, -0.15) is 4.99 Å². The zero-order valence-electron chi connectivity index (χ0n) is 12.7. The van der Waals surface area contributed by atoms with Crippen LogP contribution in [0.1, 0.15) is 40.0 Å². The van der Waals surface area contributed by atoms with Crippen LogP contribution < -0.4 is 0 Å². The number of aliphatic hydroxyl groups excluding tert-OH is 1. The summed E-state index contributed by atoms with van der Waals surface area (Å²) in [5.41, 5.74) is -1.00. The van der Waals surface area contributed by atoms with E-state index >= 15 is 0 Å². The second-order valence-corrected chi connectivity index (χ2v) is 6.11. The molecule has 1 unspecified atom stereocenters. The molecule has 0 aromatic carbocycles. The van der Waals surface area contributed by atoms with Crippen LogP contribution >= 0.6 is 0 Å². The molecule has 0 aromatic heterocycles. The van der Waals surface area contributed by atoms with Crippen LogP contribution in [0.4, 0.5) is 4.79 Å². The Bertz CT molecular complexity index is 408.